The highest BCUT2D eigenvalue weighted by molar-refractivity contribution is 5.90. The van der Waals surface area contributed by atoms with E-state index in [0.29, 0.717) is 11.7 Å². The molecular formula is C13H15N5. The average molecular weight is 241 g/mol. The molecule has 0 radical (unpaired) electrons. The van der Waals surface area contributed by atoms with E-state index in [0.717, 1.165) is 28.8 Å². The van der Waals surface area contributed by atoms with Crippen LogP contribution in [0.25, 0.3) is 22.4 Å². The SMILES string of the molecule is CC(C)Cc1nc(-c2n[nH]c3ccccc23)n[nH]1. The van der Waals surface area contributed by atoms with Crippen LogP contribution in [0.2, 0.25) is 0 Å². The van der Waals surface area contributed by atoms with Gasteiger partial charge in [-0.05, 0) is 12.0 Å². The summed E-state index contributed by atoms with van der Waals surface area (Å²) in [5.74, 6) is 2.12. The first-order valence-corrected chi connectivity index (χ1v) is 6.09. The maximum Gasteiger partial charge on any atom is 0.202 e. The fraction of sp³-hybridized carbons (Fsp3) is 0.308. The molecule has 5 nitrogen and oxygen atoms in total. The van der Waals surface area contributed by atoms with Crippen LogP contribution in [-0.2, 0) is 6.42 Å². The molecule has 0 aliphatic rings. The van der Waals surface area contributed by atoms with Crippen LogP contribution in [0.15, 0.2) is 24.3 Å². The van der Waals surface area contributed by atoms with E-state index in [1.54, 1.807) is 0 Å². The zero-order valence-corrected chi connectivity index (χ0v) is 10.4. The monoisotopic (exact) mass is 241 g/mol. The molecule has 92 valence electrons. The number of rotatable bonds is 3. The zero-order chi connectivity index (χ0) is 12.5. The summed E-state index contributed by atoms with van der Waals surface area (Å²) in [4.78, 5) is 4.49. The Balaban J connectivity index is 2.01. The molecule has 2 N–H and O–H groups in total. The van der Waals surface area contributed by atoms with Gasteiger partial charge in [-0.15, -0.1) is 0 Å². The Kier molecular flexibility index (Phi) is 2.59. The van der Waals surface area contributed by atoms with E-state index in [4.69, 9.17) is 0 Å². The van der Waals surface area contributed by atoms with E-state index in [1.165, 1.54) is 0 Å². The van der Waals surface area contributed by atoms with Crippen molar-refractivity contribution in [3.05, 3.63) is 30.1 Å². The van der Waals surface area contributed by atoms with E-state index in [-0.39, 0.29) is 0 Å². The van der Waals surface area contributed by atoms with E-state index < -0.39 is 0 Å². The van der Waals surface area contributed by atoms with Gasteiger partial charge in [0.05, 0.1) is 5.52 Å². The van der Waals surface area contributed by atoms with E-state index in [2.05, 4.69) is 39.2 Å². The van der Waals surface area contributed by atoms with Gasteiger partial charge in [0.2, 0.25) is 5.82 Å². The first kappa shape index (κ1) is 11.0. The Labute approximate surface area is 105 Å². The molecule has 2 heterocycles. The van der Waals surface area contributed by atoms with Gasteiger partial charge in [-0.2, -0.15) is 10.2 Å². The largest absolute Gasteiger partial charge is 0.277 e. The maximum absolute atomic E-state index is 4.49. The number of H-pyrrole nitrogens is 2. The van der Waals surface area contributed by atoms with Crippen molar-refractivity contribution in [2.24, 2.45) is 5.92 Å². The van der Waals surface area contributed by atoms with Gasteiger partial charge < -0.3 is 0 Å². The van der Waals surface area contributed by atoms with Crippen molar-refractivity contribution >= 4 is 10.9 Å². The molecule has 0 amide bonds. The normalized spacial score (nSPS) is 11.5. The molecule has 0 unspecified atom stereocenters. The third kappa shape index (κ3) is 1.88. The van der Waals surface area contributed by atoms with Crippen molar-refractivity contribution in [3.63, 3.8) is 0 Å². The van der Waals surface area contributed by atoms with Crippen molar-refractivity contribution in [2.45, 2.75) is 20.3 Å². The number of nitrogens with zero attached hydrogens (tertiary/aromatic N) is 3. The number of aromatic nitrogens is 5. The van der Waals surface area contributed by atoms with E-state index in [1.807, 2.05) is 24.3 Å². The Morgan fingerprint density at radius 3 is 2.78 bits per heavy atom. The molecule has 0 bridgehead atoms. The minimum absolute atomic E-state index is 0.557. The van der Waals surface area contributed by atoms with Crippen LogP contribution in [0.3, 0.4) is 0 Å². The number of hydrogen-bond donors (Lipinski definition) is 2. The smallest absolute Gasteiger partial charge is 0.202 e. The van der Waals surface area contributed by atoms with Crippen LogP contribution >= 0.6 is 0 Å². The predicted molar refractivity (Wildman–Crippen MR) is 70.0 cm³/mol. The van der Waals surface area contributed by atoms with Gasteiger partial charge in [0.1, 0.15) is 11.5 Å². The summed E-state index contributed by atoms with van der Waals surface area (Å²) in [6, 6.07) is 7.98. The topological polar surface area (TPSA) is 70.2 Å². The number of para-hydroxylation sites is 1. The zero-order valence-electron chi connectivity index (χ0n) is 10.4. The summed E-state index contributed by atoms with van der Waals surface area (Å²) in [6.45, 7) is 4.32. The molecule has 1 aromatic carbocycles. The standard InChI is InChI=1S/C13H15N5/c1-8(2)7-11-14-13(18-16-11)12-9-5-3-4-6-10(9)15-17-12/h3-6,8H,7H2,1-2H3,(H,15,17)(H,14,16,18). The molecule has 0 saturated heterocycles. The summed E-state index contributed by atoms with van der Waals surface area (Å²) in [6.07, 6.45) is 0.898. The van der Waals surface area contributed by atoms with Crippen LogP contribution < -0.4 is 0 Å². The van der Waals surface area contributed by atoms with Gasteiger partial charge in [0.25, 0.3) is 0 Å². The molecule has 3 rings (SSSR count). The molecule has 0 atom stereocenters. The molecule has 0 aliphatic carbocycles. The number of nitrogens with one attached hydrogen (secondary N) is 2. The summed E-state index contributed by atoms with van der Waals surface area (Å²) < 4.78 is 0. The average Bonchev–Trinajstić information content (AvgIpc) is 2.94. The third-order valence-corrected chi connectivity index (χ3v) is 2.82. The van der Waals surface area contributed by atoms with Gasteiger partial charge in [-0.1, -0.05) is 32.0 Å². The minimum atomic E-state index is 0.557. The second-order valence-electron chi connectivity index (χ2n) is 4.82. The highest BCUT2D eigenvalue weighted by Gasteiger charge is 2.13. The molecule has 0 fully saturated rings. The van der Waals surface area contributed by atoms with Crippen molar-refractivity contribution < 1.29 is 0 Å². The number of hydrogen-bond acceptors (Lipinski definition) is 3. The Morgan fingerprint density at radius 1 is 1.11 bits per heavy atom. The fourth-order valence-corrected chi connectivity index (χ4v) is 2.01. The quantitative estimate of drug-likeness (QED) is 0.740. The molecule has 0 saturated carbocycles. The Morgan fingerprint density at radius 2 is 1.94 bits per heavy atom. The van der Waals surface area contributed by atoms with Gasteiger partial charge in [-0.3, -0.25) is 10.2 Å². The van der Waals surface area contributed by atoms with E-state index in [9.17, 15) is 0 Å². The fourth-order valence-electron chi connectivity index (χ4n) is 2.01. The summed E-state index contributed by atoms with van der Waals surface area (Å²) >= 11 is 0. The molecule has 5 heteroatoms. The Bertz CT molecular complexity index is 665. The summed E-state index contributed by atoms with van der Waals surface area (Å²) in [7, 11) is 0. The van der Waals surface area contributed by atoms with Gasteiger partial charge >= 0.3 is 0 Å². The van der Waals surface area contributed by atoms with Crippen molar-refractivity contribution in [3.8, 4) is 11.5 Å². The van der Waals surface area contributed by atoms with Crippen LogP contribution in [0.4, 0.5) is 0 Å². The van der Waals surface area contributed by atoms with Gasteiger partial charge in [-0.25, -0.2) is 4.98 Å². The van der Waals surface area contributed by atoms with Crippen LogP contribution in [0, 0.1) is 5.92 Å². The molecule has 0 aliphatic heterocycles. The number of benzene rings is 1. The Hall–Kier alpha value is -2.17. The van der Waals surface area contributed by atoms with Gasteiger partial charge in [0, 0.05) is 11.8 Å². The number of aromatic amines is 2. The molecule has 18 heavy (non-hydrogen) atoms. The van der Waals surface area contributed by atoms with Crippen molar-refractivity contribution in [2.75, 3.05) is 0 Å². The highest BCUT2D eigenvalue weighted by atomic mass is 15.2. The molecular weight excluding hydrogens is 226 g/mol. The molecule has 3 aromatic rings. The minimum Gasteiger partial charge on any atom is -0.277 e. The lowest BCUT2D eigenvalue weighted by Gasteiger charge is -1.97. The van der Waals surface area contributed by atoms with Crippen LogP contribution in [0.1, 0.15) is 19.7 Å². The van der Waals surface area contributed by atoms with Crippen LogP contribution in [-0.4, -0.2) is 25.4 Å². The second kappa shape index (κ2) is 4.25. The van der Waals surface area contributed by atoms with Crippen LogP contribution in [0.5, 0.6) is 0 Å². The van der Waals surface area contributed by atoms with Gasteiger partial charge in [0.15, 0.2) is 0 Å². The molecule has 0 spiro atoms. The number of fused-ring (bicyclic) bond motifs is 1. The maximum atomic E-state index is 4.49. The van der Waals surface area contributed by atoms with Crippen molar-refractivity contribution in [1.82, 2.24) is 25.4 Å². The lowest BCUT2D eigenvalue weighted by molar-refractivity contribution is 0.622. The lowest BCUT2D eigenvalue weighted by Crippen LogP contribution is -1.95. The summed E-state index contributed by atoms with van der Waals surface area (Å²) in [5.41, 5.74) is 1.81. The first-order valence-electron chi connectivity index (χ1n) is 6.09. The lowest BCUT2D eigenvalue weighted by atomic mass is 10.1. The third-order valence-electron chi connectivity index (χ3n) is 2.82. The predicted octanol–water partition coefficient (Wildman–Crippen LogP) is 2.55. The van der Waals surface area contributed by atoms with Crippen molar-refractivity contribution in [1.29, 1.82) is 0 Å². The summed E-state index contributed by atoms with van der Waals surface area (Å²) in [5, 5.41) is 15.5. The first-order chi connectivity index (χ1) is 8.74. The second-order valence-corrected chi connectivity index (χ2v) is 4.82. The van der Waals surface area contributed by atoms with E-state index >= 15 is 0 Å². The molecule has 2 aromatic heterocycles. The highest BCUT2D eigenvalue weighted by Crippen LogP contribution is 2.23.